The van der Waals surface area contributed by atoms with Crippen LogP contribution in [-0.2, 0) is 11.4 Å². The molecule has 2 heterocycles. The molecule has 5 rings (SSSR count). The van der Waals surface area contributed by atoms with E-state index in [0.717, 1.165) is 66.4 Å². The summed E-state index contributed by atoms with van der Waals surface area (Å²) in [5, 5.41) is 17.8. The number of rotatable bonds is 14. The molecule has 8 heteroatoms. The van der Waals surface area contributed by atoms with Crippen LogP contribution in [-0.4, -0.2) is 51.2 Å². The van der Waals surface area contributed by atoms with Crippen molar-refractivity contribution in [1.82, 2.24) is 10.6 Å². The fourth-order valence-electron chi connectivity index (χ4n) is 5.22. The fourth-order valence-corrected chi connectivity index (χ4v) is 6.02. The number of amides is 1. The highest BCUT2D eigenvalue weighted by atomic mass is 32.1. The second-order valence-electron chi connectivity index (χ2n) is 11.3. The molecule has 1 saturated heterocycles. The smallest absolute Gasteiger partial charge is 0.242 e. The molecule has 0 radical (unpaired) electrons. The van der Waals surface area contributed by atoms with Gasteiger partial charge in [0.2, 0.25) is 5.91 Å². The van der Waals surface area contributed by atoms with E-state index in [2.05, 4.69) is 87.2 Å². The first-order chi connectivity index (χ1) is 21.0. The Hall–Kier alpha value is -4.01. The molecule has 1 amide bonds. The van der Waals surface area contributed by atoms with Crippen molar-refractivity contribution in [1.29, 1.82) is 0 Å². The van der Waals surface area contributed by atoms with E-state index in [1.165, 1.54) is 5.69 Å². The zero-order valence-electron chi connectivity index (χ0n) is 25.1. The van der Waals surface area contributed by atoms with Gasteiger partial charge in [-0.3, -0.25) is 4.79 Å². The lowest BCUT2D eigenvalue weighted by Crippen LogP contribution is -2.43. The Labute approximate surface area is 259 Å². The Morgan fingerprint density at radius 3 is 2.40 bits per heavy atom. The summed E-state index contributed by atoms with van der Waals surface area (Å²) in [6, 6.07) is 26.5. The molecule has 1 unspecified atom stereocenters. The predicted molar refractivity (Wildman–Crippen MR) is 180 cm³/mol. The minimum atomic E-state index is -0.311. The molecule has 0 bridgehead atoms. The van der Waals surface area contributed by atoms with Crippen LogP contribution in [0.3, 0.4) is 0 Å². The summed E-state index contributed by atoms with van der Waals surface area (Å²) in [4.78, 5) is 15.7. The normalized spacial score (nSPS) is 13.9. The number of nitrogens with zero attached hydrogens (tertiary/aromatic N) is 1. The second kappa shape index (κ2) is 15.5. The van der Waals surface area contributed by atoms with Gasteiger partial charge in [-0.05, 0) is 59.9 Å². The van der Waals surface area contributed by atoms with Crippen LogP contribution in [0, 0.1) is 5.92 Å². The molecule has 1 fully saturated rings. The minimum Gasteiger partial charge on any atom is -0.489 e. The van der Waals surface area contributed by atoms with E-state index in [0.29, 0.717) is 25.6 Å². The largest absolute Gasteiger partial charge is 0.489 e. The minimum absolute atomic E-state index is 0.0198. The van der Waals surface area contributed by atoms with Crippen molar-refractivity contribution < 1.29 is 9.53 Å². The van der Waals surface area contributed by atoms with E-state index < -0.39 is 0 Å². The number of ether oxygens (including phenoxy) is 1. The van der Waals surface area contributed by atoms with Crippen molar-refractivity contribution in [2.24, 2.45) is 5.92 Å². The van der Waals surface area contributed by atoms with Crippen LogP contribution >= 0.6 is 11.3 Å². The zero-order valence-corrected chi connectivity index (χ0v) is 26.0. The van der Waals surface area contributed by atoms with Crippen molar-refractivity contribution in [3.8, 4) is 16.9 Å². The van der Waals surface area contributed by atoms with E-state index in [9.17, 15) is 4.79 Å². The molecule has 43 heavy (non-hydrogen) atoms. The standard InChI is InChI=1S/C35H43N5O2S/c1-26(2)22-33(39-34-25-43-24-32(34)28-8-12-30(13-9-28)40-20-18-36-19-21-40)35(41)38-17-16-37-29-10-14-31(15-11-29)42-23-27-6-4-3-5-7-27/h3-15,24-26,33,36-37,39H,16-23H2,1-2H3,(H,38,41). The molecule has 4 N–H and O–H groups in total. The van der Waals surface area contributed by atoms with Crippen molar-refractivity contribution in [2.45, 2.75) is 32.9 Å². The zero-order chi connectivity index (χ0) is 29.9. The fraction of sp³-hybridized carbons (Fsp3) is 0.343. The quantitative estimate of drug-likeness (QED) is 0.125. The van der Waals surface area contributed by atoms with E-state index in [-0.39, 0.29) is 11.9 Å². The van der Waals surface area contributed by atoms with Gasteiger partial charge in [-0.2, -0.15) is 0 Å². The van der Waals surface area contributed by atoms with Crippen LogP contribution < -0.4 is 30.9 Å². The molecule has 1 atom stereocenters. The van der Waals surface area contributed by atoms with E-state index >= 15 is 0 Å². The van der Waals surface area contributed by atoms with Gasteiger partial charge in [-0.1, -0.05) is 56.3 Å². The van der Waals surface area contributed by atoms with Crippen LogP contribution in [0.4, 0.5) is 17.1 Å². The molecule has 226 valence electrons. The highest BCUT2D eigenvalue weighted by Crippen LogP contribution is 2.34. The van der Waals surface area contributed by atoms with Gasteiger partial charge in [0.1, 0.15) is 18.4 Å². The molecule has 0 aliphatic carbocycles. The highest BCUT2D eigenvalue weighted by Gasteiger charge is 2.21. The Morgan fingerprint density at radius 2 is 1.67 bits per heavy atom. The number of carbonyl (C=O) groups is 1. The number of hydrogen-bond donors (Lipinski definition) is 4. The van der Waals surface area contributed by atoms with Crippen LogP contribution in [0.25, 0.3) is 11.1 Å². The lowest BCUT2D eigenvalue weighted by atomic mass is 10.0. The summed E-state index contributed by atoms with van der Waals surface area (Å²) in [7, 11) is 0. The third-order valence-corrected chi connectivity index (χ3v) is 8.28. The summed E-state index contributed by atoms with van der Waals surface area (Å²) in [6.07, 6.45) is 0.751. The van der Waals surface area contributed by atoms with Gasteiger partial charge < -0.3 is 30.9 Å². The maximum atomic E-state index is 13.3. The summed E-state index contributed by atoms with van der Waals surface area (Å²) in [5.74, 6) is 1.23. The monoisotopic (exact) mass is 597 g/mol. The first kappa shape index (κ1) is 30.4. The van der Waals surface area contributed by atoms with Crippen LogP contribution in [0.5, 0.6) is 5.75 Å². The van der Waals surface area contributed by atoms with Gasteiger partial charge >= 0.3 is 0 Å². The molecule has 3 aromatic carbocycles. The molecular formula is C35H43N5O2S. The average molecular weight is 598 g/mol. The Bertz CT molecular complexity index is 1400. The van der Waals surface area contributed by atoms with Crippen molar-refractivity contribution in [3.63, 3.8) is 0 Å². The number of nitrogens with one attached hydrogen (secondary N) is 4. The molecular weight excluding hydrogens is 554 g/mol. The maximum absolute atomic E-state index is 13.3. The van der Waals surface area contributed by atoms with Crippen LogP contribution in [0.1, 0.15) is 25.8 Å². The van der Waals surface area contributed by atoms with Gasteiger partial charge in [0.25, 0.3) is 0 Å². The average Bonchev–Trinajstić information content (AvgIpc) is 3.51. The third kappa shape index (κ3) is 8.99. The third-order valence-electron chi connectivity index (χ3n) is 7.53. The molecule has 0 saturated carbocycles. The first-order valence-electron chi connectivity index (χ1n) is 15.2. The van der Waals surface area contributed by atoms with Crippen LogP contribution in [0.15, 0.2) is 89.6 Å². The number of piperazine rings is 1. The van der Waals surface area contributed by atoms with E-state index in [1.807, 2.05) is 42.5 Å². The second-order valence-corrected chi connectivity index (χ2v) is 12.1. The van der Waals surface area contributed by atoms with Crippen molar-refractivity contribution in [3.05, 3.63) is 95.2 Å². The summed E-state index contributed by atoms with van der Waals surface area (Å²) in [5.41, 5.74) is 6.69. The molecule has 1 aliphatic heterocycles. The van der Waals surface area contributed by atoms with Gasteiger partial charge in [-0.25, -0.2) is 0 Å². The molecule has 1 aromatic heterocycles. The molecule has 4 aromatic rings. The molecule has 0 spiro atoms. The Balaban J connectivity index is 1.11. The van der Waals surface area contributed by atoms with Crippen molar-refractivity contribution in [2.75, 3.05) is 54.8 Å². The number of thiophene rings is 1. The number of anilines is 3. The molecule has 7 nitrogen and oxygen atoms in total. The summed E-state index contributed by atoms with van der Waals surface area (Å²) < 4.78 is 5.88. The summed E-state index contributed by atoms with van der Waals surface area (Å²) in [6.45, 7) is 10.1. The van der Waals surface area contributed by atoms with Gasteiger partial charge in [0.05, 0.1) is 5.69 Å². The Morgan fingerprint density at radius 1 is 0.930 bits per heavy atom. The van der Waals surface area contributed by atoms with Gasteiger partial charge in [-0.15, -0.1) is 11.3 Å². The first-order valence-corrected chi connectivity index (χ1v) is 16.2. The number of hydrogen-bond acceptors (Lipinski definition) is 7. The predicted octanol–water partition coefficient (Wildman–Crippen LogP) is 6.46. The van der Waals surface area contributed by atoms with Crippen LogP contribution in [0.2, 0.25) is 0 Å². The van der Waals surface area contributed by atoms with Gasteiger partial charge in [0, 0.05) is 67.0 Å². The maximum Gasteiger partial charge on any atom is 0.242 e. The number of benzene rings is 3. The number of carbonyl (C=O) groups excluding carboxylic acids is 1. The lowest BCUT2D eigenvalue weighted by Gasteiger charge is -2.29. The highest BCUT2D eigenvalue weighted by molar-refractivity contribution is 7.08. The van der Waals surface area contributed by atoms with Crippen molar-refractivity contribution >= 4 is 34.3 Å². The summed E-state index contributed by atoms with van der Waals surface area (Å²) >= 11 is 1.66. The lowest BCUT2D eigenvalue weighted by molar-refractivity contribution is -0.122. The molecule has 1 aliphatic rings. The SMILES string of the molecule is CC(C)CC(Nc1cscc1-c1ccc(N2CCNCC2)cc1)C(=O)NCCNc1ccc(OCc2ccccc2)cc1. The topological polar surface area (TPSA) is 77.7 Å². The van der Waals surface area contributed by atoms with E-state index in [1.54, 1.807) is 11.3 Å². The van der Waals surface area contributed by atoms with E-state index in [4.69, 9.17) is 4.74 Å². The Kier molecular flexibility index (Phi) is 10.9. The van der Waals surface area contributed by atoms with Gasteiger partial charge in [0.15, 0.2) is 0 Å².